The Morgan fingerprint density at radius 3 is 2.73 bits per heavy atom. The zero-order chi connectivity index (χ0) is 11.0. The highest BCUT2D eigenvalue weighted by atomic mass is 79.9. The topological polar surface area (TPSA) is 54.7 Å². The molecule has 4 nitrogen and oxygen atoms in total. The van der Waals surface area contributed by atoms with Crippen molar-refractivity contribution in [2.24, 2.45) is 0 Å². The molecular weight excluding hydrogens is 258 g/mol. The molecular formula is C10H12BrN3O. The number of oxazole rings is 1. The summed E-state index contributed by atoms with van der Waals surface area (Å²) in [6.07, 6.45) is 1.70. The van der Waals surface area contributed by atoms with E-state index in [1.807, 2.05) is 6.92 Å². The Balaban J connectivity index is 2.52. The highest BCUT2D eigenvalue weighted by molar-refractivity contribution is 9.10. The van der Waals surface area contributed by atoms with E-state index in [0.717, 1.165) is 17.1 Å². The maximum atomic E-state index is 5.46. The molecule has 0 saturated heterocycles. The number of aromatic nitrogens is 3. The third-order valence-electron chi connectivity index (χ3n) is 2.10. The molecule has 15 heavy (non-hydrogen) atoms. The fourth-order valence-corrected chi connectivity index (χ4v) is 1.79. The lowest BCUT2D eigenvalue weighted by molar-refractivity contribution is 0.539. The number of H-pyrrole nitrogens is 1. The van der Waals surface area contributed by atoms with Crippen LogP contribution in [0.4, 0.5) is 0 Å². The van der Waals surface area contributed by atoms with Crippen LogP contribution in [0.2, 0.25) is 0 Å². The molecule has 2 aromatic heterocycles. The molecule has 0 fully saturated rings. The molecule has 2 rings (SSSR count). The molecule has 0 atom stereocenters. The van der Waals surface area contributed by atoms with Crippen molar-refractivity contribution < 1.29 is 4.42 Å². The van der Waals surface area contributed by atoms with Gasteiger partial charge in [-0.2, -0.15) is 0 Å². The van der Waals surface area contributed by atoms with Crippen molar-refractivity contribution in [2.45, 2.75) is 26.7 Å². The van der Waals surface area contributed by atoms with Gasteiger partial charge in [-0.05, 0) is 28.8 Å². The van der Waals surface area contributed by atoms with Crippen molar-refractivity contribution >= 4 is 15.9 Å². The van der Waals surface area contributed by atoms with Crippen molar-refractivity contribution in [1.29, 1.82) is 0 Å². The third kappa shape index (κ3) is 1.97. The second-order valence-corrected chi connectivity index (χ2v) is 4.47. The van der Waals surface area contributed by atoms with Crippen molar-refractivity contribution in [2.75, 3.05) is 0 Å². The van der Waals surface area contributed by atoms with Crippen LogP contribution >= 0.6 is 15.9 Å². The second-order valence-electron chi connectivity index (χ2n) is 3.72. The zero-order valence-corrected chi connectivity index (χ0v) is 10.4. The Hall–Kier alpha value is -1.10. The molecule has 0 radical (unpaired) electrons. The number of halogens is 1. The predicted octanol–water partition coefficient (Wildman–Crippen LogP) is 3.26. The molecule has 0 aromatic carbocycles. The van der Waals surface area contributed by atoms with Crippen LogP contribution in [0.3, 0.4) is 0 Å². The lowest BCUT2D eigenvalue weighted by atomic mass is 10.1. The molecule has 0 saturated carbocycles. The van der Waals surface area contributed by atoms with Gasteiger partial charge in [-0.15, -0.1) is 0 Å². The Bertz CT molecular complexity index is 473. The van der Waals surface area contributed by atoms with Gasteiger partial charge in [-0.25, -0.2) is 9.97 Å². The molecule has 0 unspecified atom stereocenters. The summed E-state index contributed by atoms with van der Waals surface area (Å²) in [6.45, 7) is 6.06. The number of rotatable bonds is 2. The number of aromatic amines is 1. The number of nitrogens with one attached hydrogen (secondary N) is 1. The Labute approximate surface area is 96.3 Å². The van der Waals surface area contributed by atoms with Crippen molar-refractivity contribution in [3.8, 4) is 11.6 Å². The summed E-state index contributed by atoms with van der Waals surface area (Å²) in [7, 11) is 0. The number of imidazole rings is 1. The standard InChI is InChI=1S/C10H12BrN3O/c1-5(2)7-8(14-10(11)13-7)9-12-4-6(3)15-9/h4-5H,1-3H3,(H,13,14). The molecule has 80 valence electrons. The largest absolute Gasteiger partial charge is 0.440 e. The number of nitrogens with zero attached hydrogens (tertiary/aromatic N) is 2. The monoisotopic (exact) mass is 269 g/mol. The molecule has 0 aliphatic carbocycles. The van der Waals surface area contributed by atoms with Crippen molar-refractivity contribution in [3.05, 3.63) is 22.4 Å². The number of aryl methyl sites for hydroxylation is 1. The summed E-state index contributed by atoms with van der Waals surface area (Å²) in [5, 5.41) is 0. The minimum Gasteiger partial charge on any atom is -0.440 e. The first-order chi connectivity index (χ1) is 7.08. The smallest absolute Gasteiger partial charge is 0.247 e. The minimum atomic E-state index is 0.353. The van der Waals surface area contributed by atoms with E-state index >= 15 is 0 Å². The average Bonchev–Trinajstić information content (AvgIpc) is 2.71. The second kappa shape index (κ2) is 3.81. The van der Waals surface area contributed by atoms with Gasteiger partial charge in [-0.3, -0.25) is 0 Å². The van der Waals surface area contributed by atoms with Gasteiger partial charge in [-0.1, -0.05) is 13.8 Å². The van der Waals surface area contributed by atoms with Crippen molar-refractivity contribution in [1.82, 2.24) is 15.0 Å². The summed E-state index contributed by atoms with van der Waals surface area (Å²) in [5.41, 5.74) is 1.81. The fraction of sp³-hybridized carbons (Fsp3) is 0.400. The van der Waals surface area contributed by atoms with E-state index in [1.54, 1.807) is 6.20 Å². The number of hydrogen-bond acceptors (Lipinski definition) is 3. The van der Waals surface area contributed by atoms with Gasteiger partial charge in [0.25, 0.3) is 0 Å². The average molecular weight is 270 g/mol. The van der Waals surface area contributed by atoms with Gasteiger partial charge < -0.3 is 9.40 Å². The SMILES string of the molecule is Cc1cnc(-c2nc(Br)[nH]c2C(C)C)o1. The molecule has 1 N–H and O–H groups in total. The van der Waals surface area contributed by atoms with E-state index in [-0.39, 0.29) is 0 Å². The molecule has 0 aliphatic heterocycles. The summed E-state index contributed by atoms with van der Waals surface area (Å²) in [4.78, 5) is 11.7. The summed E-state index contributed by atoms with van der Waals surface area (Å²) in [5.74, 6) is 1.71. The molecule has 0 spiro atoms. The van der Waals surface area contributed by atoms with Crippen LogP contribution in [0.25, 0.3) is 11.6 Å². The first kappa shape index (κ1) is 10.4. The molecule has 2 aromatic rings. The predicted molar refractivity (Wildman–Crippen MR) is 60.6 cm³/mol. The van der Waals surface area contributed by atoms with Crippen LogP contribution in [0.1, 0.15) is 31.2 Å². The van der Waals surface area contributed by atoms with Gasteiger partial charge in [0, 0.05) is 0 Å². The molecule has 0 amide bonds. The zero-order valence-electron chi connectivity index (χ0n) is 8.84. The molecule has 0 bridgehead atoms. The molecule has 5 heteroatoms. The van der Waals surface area contributed by atoms with E-state index in [2.05, 4.69) is 44.7 Å². The summed E-state index contributed by atoms with van der Waals surface area (Å²) < 4.78 is 6.16. The van der Waals surface area contributed by atoms with Crippen LogP contribution in [0, 0.1) is 6.92 Å². The molecule has 2 heterocycles. The van der Waals surface area contributed by atoms with E-state index in [0.29, 0.717) is 16.5 Å². The quantitative estimate of drug-likeness (QED) is 0.911. The maximum absolute atomic E-state index is 5.46. The van der Waals surface area contributed by atoms with Crippen LogP contribution in [0.5, 0.6) is 0 Å². The Morgan fingerprint density at radius 2 is 2.20 bits per heavy atom. The van der Waals surface area contributed by atoms with Gasteiger partial charge in [0.05, 0.1) is 11.9 Å². The fourth-order valence-electron chi connectivity index (χ4n) is 1.40. The summed E-state index contributed by atoms with van der Waals surface area (Å²) >= 11 is 3.32. The van der Waals surface area contributed by atoms with E-state index in [1.165, 1.54) is 0 Å². The Morgan fingerprint density at radius 1 is 1.47 bits per heavy atom. The third-order valence-corrected chi connectivity index (χ3v) is 2.48. The van der Waals surface area contributed by atoms with Gasteiger partial charge in [0.15, 0.2) is 4.73 Å². The minimum absolute atomic E-state index is 0.353. The van der Waals surface area contributed by atoms with E-state index in [4.69, 9.17) is 4.42 Å². The van der Waals surface area contributed by atoms with Crippen LogP contribution < -0.4 is 0 Å². The van der Waals surface area contributed by atoms with Gasteiger partial charge in [0.1, 0.15) is 11.5 Å². The lowest BCUT2D eigenvalue weighted by Crippen LogP contribution is -1.91. The summed E-state index contributed by atoms with van der Waals surface area (Å²) in [6, 6.07) is 0. The van der Waals surface area contributed by atoms with Crippen molar-refractivity contribution in [3.63, 3.8) is 0 Å². The molecule has 0 aliphatic rings. The van der Waals surface area contributed by atoms with Crippen LogP contribution in [-0.4, -0.2) is 15.0 Å². The lowest BCUT2D eigenvalue weighted by Gasteiger charge is -2.01. The van der Waals surface area contributed by atoms with Crippen LogP contribution in [-0.2, 0) is 0 Å². The normalized spacial score (nSPS) is 11.3. The highest BCUT2D eigenvalue weighted by Gasteiger charge is 2.17. The number of hydrogen-bond donors (Lipinski definition) is 1. The Kier molecular flexibility index (Phi) is 2.65. The maximum Gasteiger partial charge on any atom is 0.247 e. The highest BCUT2D eigenvalue weighted by Crippen LogP contribution is 2.28. The van der Waals surface area contributed by atoms with E-state index < -0.39 is 0 Å². The van der Waals surface area contributed by atoms with Gasteiger partial charge in [0.2, 0.25) is 5.89 Å². The van der Waals surface area contributed by atoms with Gasteiger partial charge >= 0.3 is 0 Å². The van der Waals surface area contributed by atoms with Crippen LogP contribution in [0.15, 0.2) is 15.3 Å². The van der Waals surface area contributed by atoms with E-state index in [9.17, 15) is 0 Å². The first-order valence-corrected chi connectivity index (χ1v) is 5.55. The first-order valence-electron chi connectivity index (χ1n) is 4.76.